The minimum Gasteiger partial charge on any atom is -0.481 e. The highest BCUT2D eigenvalue weighted by Gasteiger charge is 2.26. The summed E-state index contributed by atoms with van der Waals surface area (Å²) in [6.45, 7) is 1.34. The van der Waals surface area contributed by atoms with Crippen molar-refractivity contribution in [1.82, 2.24) is 5.16 Å². The molecule has 1 aromatic heterocycles. The highest BCUT2D eigenvalue weighted by atomic mass is 79.9. The Morgan fingerprint density at radius 3 is 2.56 bits per heavy atom. The Bertz CT molecular complexity index is 1260. The number of halogens is 1. The molecule has 1 N–H and O–H groups in total. The second-order valence-electron chi connectivity index (χ2n) is 6.98. The Morgan fingerprint density at radius 2 is 1.81 bits per heavy atom. The molecule has 4 aromatic rings. The number of carbonyl (C=O) groups is 2. The van der Waals surface area contributed by atoms with Gasteiger partial charge in [-0.3, -0.25) is 4.79 Å². The first-order valence-electron chi connectivity index (χ1n) is 9.80. The minimum absolute atomic E-state index is 0.237. The maximum absolute atomic E-state index is 12.8. The fourth-order valence-corrected chi connectivity index (χ4v) is 3.75. The monoisotopic (exact) mass is 494 g/mol. The average Bonchev–Trinajstić information content (AvgIpc) is 3.22. The van der Waals surface area contributed by atoms with E-state index >= 15 is 0 Å². The van der Waals surface area contributed by atoms with Crippen molar-refractivity contribution in [1.29, 1.82) is 0 Å². The van der Waals surface area contributed by atoms with Gasteiger partial charge < -0.3 is 19.3 Å². The van der Waals surface area contributed by atoms with Gasteiger partial charge in [0.05, 0.1) is 4.47 Å². The van der Waals surface area contributed by atoms with Gasteiger partial charge >= 0.3 is 5.97 Å². The van der Waals surface area contributed by atoms with Crippen LogP contribution in [0, 0.1) is 6.92 Å². The second kappa shape index (κ2) is 9.65. The predicted octanol–water partition coefficient (Wildman–Crippen LogP) is 5.20. The van der Waals surface area contributed by atoms with E-state index in [1.54, 1.807) is 43.3 Å². The van der Waals surface area contributed by atoms with Crippen LogP contribution in [0.1, 0.15) is 17.4 Å². The SMILES string of the molecule is Cc1cc(NC(=O)C(OC(=O)COc2ccc3ccccc3c2Br)c2ccccc2)no1. The lowest BCUT2D eigenvalue weighted by Gasteiger charge is -2.18. The van der Waals surface area contributed by atoms with Gasteiger partial charge in [0.1, 0.15) is 11.5 Å². The van der Waals surface area contributed by atoms with Gasteiger partial charge in [-0.2, -0.15) is 0 Å². The molecular weight excluding hydrogens is 476 g/mol. The molecule has 7 nitrogen and oxygen atoms in total. The molecule has 1 unspecified atom stereocenters. The van der Waals surface area contributed by atoms with Gasteiger partial charge in [0.15, 0.2) is 12.4 Å². The third-order valence-corrected chi connectivity index (χ3v) is 5.46. The summed E-state index contributed by atoms with van der Waals surface area (Å²) in [6, 6.07) is 21.8. The van der Waals surface area contributed by atoms with Crippen molar-refractivity contribution in [3.8, 4) is 5.75 Å². The summed E-state index contributed by atoms with van der Waals surface area (Å²) in [4.78, 5) is 25.4. The minimum atomic E-state index is -1.18. The van der Waals surface area contributed by atoms with Gasteiger partial charge in [0.25, 0.3) is 5.91 Å². The molecule has 3 aromatic carbocycles. The number of nitrogens with zero attached hydrogens (tertiary/aromatic N) is 1. The number of benzene rings is 3. The zero-order chi connectivity index (χ0) is 22.5. The summed E-state index contributed by atoms with van der Waals surface area (Å²) >= 11 is 3.52. The lowest BCUT2D eigenvalue weighted by molar-refractivity contribution is -0.156. The van der Waals surface area contributed by atoms with E-state index in [4.69, 9.17) is 14.0 Å². The summed E-state index contributed by atoms with van der Waals surface area (Å²) in [7, 11) is 0. The Labute approximate surface area is 192 Å². The van der Waals surface area contributed by atoms with Crippen LogP contribution >= 0.6 is 15.9 Å². The second-order valence-corrected chi connectivity index (χ2v) is 7.77. The number of aryl methyl sites for hydroxylation is 1. The molecule has 0 radical (unpaired) electrons. The van der Waals surface area contributed by atoms with Crippen LogP contribution in [0.2, 0.25) is 0 Å². The summed E-state index contributed by atoms with van der Waals surface area (Å²) in [5.74, 6) is 0.0401. The van der Waals surface area contributed by atoms with E-state index in [-0.39, 0.29) is 12.4 Å². The number of amides is 1. The van der Waals surface area contributed by atoms with Gasteiger partial charge in [-0.1, -0.05) is 65.8 Å². The molecule has 162 valence electrons. The molecule has 0 fully saturated rings. The molecule has 0 saturated heterocycles. The molecule has 1 atom stereocenters. The van der Waals surface area contributed by atoms with Crippen molar-refractivity contribution in [3.63, 3.8) is 0 Å². The number of carbonyl (C=O) groups excluding carboxylic acids is 2. The third-order valence-electron chi connectivity index (χ3n) is 4.64. The fraction of sp³-hybridized carbons (Fsp3) is 0.125. The molecule has 0 saturated carbocycles. The molecule has 32 heavy (non-hydrogen) atoms. The fourth-order valence-electron chi connectivity index (χ4n) is 3.15. The standard InChI is InChI=1S/C24H19BrN2O5/c1-15-13-20(27-32-15)26-24(29)23(17-8-3-2-4-9-17)31-21(28)14-30-19-12-11-16-7-5-6-10-18(16)22(19)25/h2-13,23H,14H2,1H3,(H,26,27,29). The zero-order valence-corrected chi connectivity index (χ0v) is 18.7. The van der Waals surface area contributed by atoms with Crippen LogP contribution in [0.3, 0.4) is 0 Å². The number of hydrogen-bond acceptors (Lipinski definition) is 6. The topological polar surface area (TPSA) is 90.7 Å². The maximum Gasteiger partial charge on any atom is 0.345 e. The first kappa shape index (κ1) is 21.6. The number of ether oxygens (including phenoxy) is 2. The number of nitrogens with one attached hydrogen (secondary N) is 1. The van der Waals surface area contributed by atoms with Gasteiger partial charge in [-0.05, 0) is 39.7 Å². The van der Waals surface area contributed by atoms with Crippen LogP contribution in [0.25, 0.3) is 10.8 Å². The molecule has 1 heterocycles. The Hall–Kier alpha value is -3.65. The molecule has 0 spiro atoms. The number of rotatable bonds is 7. The first-order valence-corrected chi connectivity index (χ1v) is 10.6. The summed E-state index contributed by atoms with van der Waals surface area (Å²) in [5, 5.41) is 8.35. The number of anilines is 1. The van der Waals surface area contributed by atoms with E-state index < -0.39 is 18.0 Å². The Kier molecular flexibility index (Phi) is 6.51. The van der Waals surface area contributed by atoms with Crippen molar-refractivity contribution in [3.05, 3.63) is 88.6 Å². The van der Waals surface area contributed by atoms with Crippen LogP contribution in [0.4, 0.5) is 5.82 Å². The Morgan fingerprint density at radius 1 is 1.06 bits per heavy atom. The van der Waals surface area contributed by atoms with Crippen LogP contribution in [-0.4, -0.2) is 23.6 Å². The van der Waals surface area contributed by atoms with Gasteiger partial charge in [-0.25, -0.2) is 4.79 Å². The average molecular weight is 495 g/mol. The molecular formula is C24H19BrN2O5. The van der Waals surface area contributed by atoms with E-state index in [0.29, 0.717) is 17.1 Å². The smallest absolute Gasteiger partial charge is 0.345 e. The highest BCUT2D eigenvalue weighted by Crippen LogP contribution is 2.33. The van der Waals surface area contributed by atoms with E-state index in [2.05, 4.69) is 26.4 Å². The molecule has 1 amide bonds. The molecule has 0 aliphatic heterocycles. The number of aromatic nitrogens is 1. The predicted molar refractivity (Wildman–Crippen MR) is 122 cm³/mol. The molecule has 0 aliphatic carbocycles. The Balaban J connectivity index is 1.46. The molecule has 4 rings (SSSR count). The third kappa shape index (κ3) is 4.97. The molecule has 0 bridgehead atoms. The summed E-state index contributed by atoms with van der Waals surface area (Å²) < 4.78 is 16.8. The van der Waals surface area contributed by atoms with Crippen LogP contribution in [0.15, 0.2) is 81.8 Å². The number of esters is 1. The van der Waals surface area contributed by atoms with Gasteiger partial charge in [0, 0.05) is 11.6 Å². The van der Waals surface area contributed by atoms with Crippen molar-refractivity contribution in [2.24, 2.45) is 0 Å². The van der Waals surface area contributed by atoms with Gasteiger partial charge in [-0.15, -0.1) is 0 Å². The normalized spacial score (nSPS) is 11.7. The zero-order valence-electron chi connectivity index (χ0n) is 17.1. The van der Waals surface area contributed by atoms with E-state index in [1.165, 1.54) is 0 Å². The van der Waals surface area contributed by atoms with Crippen molar-refractivity contribution >= 4 is 44.4 Å². The van der Waals surface area contributed by atoms with Gasteiger partial charge in [0.2, 0.25) is 6.10 Å². The van der Waals surface area contributed by atoms with E-state index in [9.17, 15) is 9.59 Å². The lowest BCUT2D eigenvalue weighted by Crippen LogP contribution is -2.28. The first-order chi connectivity index (χ1) is 15.5. The van der Waals surface area contributed by atoms with E-state index in [0.717, 1.165) is 15.2 Å². The van der Waals surface area contributed by atoms with Crippen LogP contribution in [0.5, 0.6) is 5.75 Å². The quantitative estimate of drug-likeness (QED) is 0.355. The summed E-state index contributed by atoms with van der Waals surface area (Å²) in [6.07, 6.45) is -1.18. The van der Waals surface area contributed by atoms with Crippen molar-refractivity contribution < 1.29 is 23.6 Å². The lowest BCUT2D eigenvalue weighted by atomic mass is 10.1. The van der Waals surface area contributed by atoms with Crippen LogP contribution < -0.4 is 10.1 Å². The number of hydrogen-bond donors (Lipinski definition) is 1. The maximum atomic E-state index is 12.8. The molecule has 0 aliphatic rings. The number of fused-ring (bicyclic) bond motifs is 1. The molecule has 8 heteroatoms. The highest BCUT2D eigenvalue weighted by molar-refractivity contribution is 9.10. The van der Waals surface area contributed by atoms with E-state index in [1.807, 2.05) is 36.4 Å². The summed E-state index contributed by atoms with van der Waals surface area (Å²) in [5.41, 5.74) is 0.519. The van der Waals surface area contributed by atoms with Crippen molar-refractivity contribution in [2.75, 3.05) is 11.9 Å². The van der Waals surface area contributed by atoms with Crippen molar-refractivity contribution in [2.45, 2.75) is 13.0 Å². The van der Waals surface area contributed by atoms with Crippen LogP contribution in [-0.2, 0) is 14.3 Å². The largest absolute Gasteiger partial charge is 0.481 e.